The number of rotatable bonds is 6. The number of carbonyl (C=O) groups excluding carboxylic acids is 3. The van der Waals surface area contributed by atoms with Gasteiger partial charge in [-0.1, -0.05) is 0 Å². The van der Waals surface area contributed by atoms with E-state index in [1.165, 1.54) is 0 Å². The molecule has 0 bridgehead atoms. The fraction of sp³-hybridized carbons (Fsp3) is 0.769. The van der Waals surface area contributed by atoms with Gasteiger partial charge in [0.1, 0.15) is 0 Å². The number of nitrogens with one attached hydrogen (secondary N) is 1. The maximum atomic E-state index is 11.5. The van der Waals surface area contributed by atoms with Crippen LogP contribution >= 0.6 is 0 Å². The van der Waals surface area contributed by atoms with Gasteiger partial charge in [0, 0.05) is 18.9 Å². The van der Waals surface area contributed by atoms with Crippen LogP contribution in [-0.4, -0.2) is 37.1 Å². The fourth-order valence-corrected chi connectivity index (χ4v) is 1.88. The third-order valence-corrected chi connectivity index (χ3v) is 2.85. The van der Waals surface area contributed by atoms with Crippen LogP contribution in [0.4, 0.5) is 4.79 Å². The second kappa shape index (κ2) is 7.76. The van der Waals surface area contributed by atoms with E-state index < -0.39 is 6.16 Å². The van der Waals surface area contributed by atoms with Gasteiger partial charge in [0.15, 0.2) is 12.4 Å². The molecular formula is C13H21NO5. The van der Waals surface area contributed by atoms with Crippen LogP contribution in [0.15, 0.2) is 0 Å². The molecular weight excluding hydrogens is 250 g/mol. The van der Waals surface area contributed by atoms with Crippen molar-refractivity contribution in [2.75, 3.05) is 13.2 Å². The first-order chi connectivity index (χ1) is 8.99. The maximum absolute atomic E-state index is 11.5. The Kier molecular flexibility index (Phi) is 6.32. The summed E-state index contributed by atoms with van der Waals surface area (Å²) in [6.07, 6.45) is 1.41. The molecule has 0 aliphatic carbocycles. The van der Waals surface area contributed by atoms with Crippen LogP contribution in [0.3, 0.4) is 0 Å². The van der Waals surface area contributed by atoms with Gasteiger partial charge in [0.2, 0.25) is 5.91 Å². The third-order valence-electron chi connectivity index (χ3n) is 2.85. The summed E-state index contributed by atoms with van der Waals surface area (Å²) >= 11 is 0. The molecule has 1 saturated heterocycles. The monoisotopic (exact) mass is 271 g/mol. The minimum atomic E-state index is -0.834. The maximum Gasteiger partial charge on any atom is 0.508 e. The van der Waals surface area contributed by atoms with Gasteiger partial charge >= 0.3 is 6.16 Å². The average molecular weight is 271 g/mol. The molecule has 0 radical (unpaired) electrons. The first-order valence-electron chi connectivity index (χ1n) is 6.62. The van der Waals surface area contributed by atoms with E-state index in [0.717, 1.165) is 12.8 Å². The van der Waals surface area contributed by atoms with Crippen molar-refractivity contribution >= 4 is 17.8 Å². The number of Topliss-reactive ketones (excluding diaryl/α,β-unsaturated/α-hetero) is 1. The molecule has 1 fully saturated rings. The summed E-state index contributed by atoms with van der Waals surface area (Å²) in [6, 6.07) is 0. The number of hydrogen-bond acceptors (Lipinski definition) is 5. The largest absolute Gasteiger partial charge is 0.508 e. The minimum Gasteiger partial charge on any atom is -0.432 e. The lowest BCUT2D eigenvalue weighted by Gasteiger charge is -2.21. The van der Waals surface area contributed by atoms with Crippen LogP contribution in [0.1, 0.15) is 39.5 Å². The molecule has 1 rings (SSSR count). The van der Waals surface area contributed by atoms with Gasteiger partial charge in [-0.15, -0.1) is 0 Å². The Bertz CT molecular complexity index is 340. The van der Waals surface area contributed by atoms with Gasteiger partial charge in [-0.2, -0.15) is 0 Å². The molecule has 19 heavy (non-hydrogen) atoms. The summed E-state index contributed by atoms with van der Waals surface area (Å²) in [6.45, 7) is 3.82. The van der Waals surface area contributed by atoms with Crippen LogP contribution < -0.4 is 5.32 Å². The van der Waals surface area contributed by atoms with Crippen LogP contribution in [0.25, 0.3) is 0 Å². The molecule has 6 heteroatoms. The molecule has 0 unspecified atom stereocenters. The molecule has 1 heterocycles. The van der Waals surface area contributed by atoms with E-state index in [2.05, 4.69) is 10.1 Å². The number of piperidine rings is 1. The Morgan fingerprint density at radius 1 is 1.42 bits per heavy atom. The first kappa shape index (κ1) is 15.5. The Hall–Kier alpha value is -1.59. The van der Waals surface area contributed by atoms with Crippen molar-refractivity contribution in [3.05, 3.63) is 0 Å². The molecule has 1 N–H and O–H groups in total. The molecule has 0 saturated carbocycles. The van der Waals surface area contributed by atoms with Crippen molar-refractivity contribution in [1.29, 1.82) is 0 Å². The van der Waals surface area contributed by atoms with Crippen molar-refractivity contribution in [3.63, 3.8) is 0 Å². The van der Waals surface area contributed by atoms with Crippen molar-refractivity contribution in [2.24, 2.45) is 5.92 Å². The summed E-state index contributed by atoms with van der Waals surface area (Å²) in [5.41, 5.74) is 0. The van der Waals surface area contributed by atoms with Crippen molar-refractivity contribution in [1.82, 2.24) is 5.32 Å². The van der Waals surface area contributed by atoms with Crippen LogP contribution in [0, 0.1) is 5.92 Å². The zero-order valence-electron chi connectivity index (χ0n) is 11.4. The predicted molar refractivity (Wildman–Crippen MR) is 67.5 cm³/mol. The van der Waals surface area contributed by atoms with Crippen LogP contribution in [-0.2, 0) is 19.1 Å². The lowest BCUT2D eigenvalue weighted by molar-refractivity contribution is -0.127. The molecule has 6 nitrogen and oxygen atoms in total. The second-order valence-electron chi connectivity index (χ2n) is 4.91. The summed E-state index contributed by atoms with van der Waals surface area (Å²) in [7, 11) is 0. The summed E-state index contributed by atoms with van der Waals surface area (Å²) < 4.78 is 9.40. The quantitative estimate of drug-likeness (QED) is 0.739. The second-order valence-corrected chi connectivity index (χ2v) is 4.91. The van der Waals surface area contributed by atoms with Crippen molar-refractivity contribution in [2.45, 2.75) is 45.6 Å². The number of carbonyl (C=O) groups is 3. The fourth-order valence-electron chi connectivity index (χ4n) is 1.88. The lowest BCUT2D eigenvalue weighted by atomic mass is 9.93. The van der Waals surface area contributed by atoms with Gasteiger partial charge in [0.25, 0.3) is 0 Å². The SMILES string of the molecule is CC(C)OC(=O)OCC(=O)CC[C@@H]1CCCNC1=O. The van der Waals surface area contributed by atoms with E-state index in [4.69, 9.17) is 4.74 Å². The normalized spacial score (nSPS) is 18.9. The highest BCUT2D eigenvalue weighted by Crippen LogP contribution is 2.17. The van der Waals surface area contributed by atoms with Crippen LogP contribution in [0.5, 0.6) is 0 Å². The summed E-state index contributed by atoms with van der Waals surface area (Å²) in [5.74, 6) is -0.279. The van der Waals surface area contributed by atoms with Crippen LogP contribution in [0.2, 0.25) is 0 Å². The Balaban J connectivity index is 2.17. The molecule has 108 valence electrons. The molecule has 0 spiro atoms. The van der Waals surface area contributed by atoms with Gasteiger partial charge < -0.3 is 14.8 Å². The van der Waals surface area contributed by atoms with E-state index in [0.29, 0.717) is 13.0 Å². The number of hydrogen-bond donors (Lipinski definition) is 1. The van der Waals surface area contributed by atoms with Crippen molar-refractivity contribution < 1.29 is 23.9 Å². The van der Waals surface area contributed by atoms with E-state index in [1.54, 1.807) is 13.8 Å². The zero-order chi connectivity index (χ0) is 14.3. The molecule has 1 aliphatic heterocycles. The lowest BCUT2D eigenvalue weighted by Crippen LogP contribution is -2.36. The molecule has 1 atom stereocenters. The highest BCUT2D eigenvalue weighted by atomic mass is 16.7. The number of ketones is 1. The molecule has 0 aromatic carbocycles. The highest BCUT2D eigenvalue weighted by molar-refractivity contribution is 5.83. The van der Waals surface area contributed by atoms with E-state index in [1.807, 2.05) is 0 Å². The van der Waals surface area contributed by atoms with Crippen molar-refractivity contribution in [3.8, 4) is 0 Å². The Morgan fingerprint density at radius 3 is 2.79 bits per heavy atom. The van der Waals surface area contributed by atoms with Gasteiger partial charge in [0.05, 0.1) is 6.10 Å². The van der Waals surface area contributed by atoms with Gasteiger partial charge in [-0.3, -0.25) is 9.59 Å². The Labute approximate surface area is 112 Å². The third kappa shape index (κ3) is 6.22. The first-order valence-corrected chi connectivity index (χ1v) is 6.62. The van der Waals surface area contributed by atoms with Gasteiger partial charge in [-0.25, -0.2) is 4.79 Å². The highest BCUT2D eigenvalue weighted by Gasteiger charge is 2.22. The minimum absolute atomic E-state index is 0.0131. The van der Waals surface area contributed by atoms with E-state index in [9.17, 15) is 14.4 Å². The predicted octanol–water partition coefficient (Wildman–Crippen LogP) is 1.42. The molecule has 1 aliphatic rings. The average Bonchev–Trinajstić information content (AvgIpc) is 2.34. The number of ether oxygens (including phenoxy) is 2. The summed E-state index contributed by atoms with van der Waals surface area (Å²) in [5, 5.41) is 2.77. The number of amides is 1. The summed E-state index contributed by atoms with van der Waals surface area (Å²) in [4.78, 5) is 34.0. The van der Waals surface area contributed by atoms with Gasteiger partial charge in [-0.05, 0) is 33.1 Å². The molecule has 0 aromatic rings. The van der Waals surface area contributed by atoms with E-state index >= 15 is 0 Å². The zero-order valence-corrected chi connectivity index (χ0v) is 11.4. The standard InChI is InChI=1S/C13H21NO5/c1-9(2)19-13(17)18-8-11(15)6-5-10-4-3-7-14-12(10)16/h9-10H,3-8H2,1-2H3,(H,14,16)/t10-/m0/s1. The Morgan fingerprint density at radius 2 is 2.16 bits per heavy atom. The topological polar surface area (TPSA) is 81.7 Å². The van der Waals surface area contributed by atoms with E-state index in [-0.39, 0.29) is 36.7 Å². The molecule has 0 aromatic heterocycles. The molecule has 1 amide bonds. The smallest absolute Gasteiger partial charge is 0.432 e.